The first-order chi connectivity index (χ1) is 13.7. The third kappa shape index (κ3) is 4.13. The highest BCUT2D eigenvalue weighted by atomic mass is 16.6. The first kappa shape index (κ1) is 20.5. The Hall–Kier alpha value is -3.22. The topological polar surface area (TPSA) is 94.4 Å². The van der Waals surface area contributed by atoms with Crippen molar-refractivity contribution in [1.29, 1.82) is 0 Å². The van der Waals surface area contributed by atoms with Gasteiger partial charge in [0.25, 0.3) is 5.69 Å². The molecule has 3 rings (SSSR count). The zero-order valence-electron chi connectivity index (χ0n) is 17.0. The van der Waals surface area contributed by atoms with Crippen molar-refractivity contribution in [2.75, 3.05) is 0 Å². The van der Waals surface area contributed by atoms with Crippen molar-refractivity contribution >= 4 is 11.7 Å². The van der Waals surface area contributed by atoms with E-state index < -0.39 is 22.3 Å². The summed E-state index contributed by atoms with van der Waals surface area (Å²) in [6, 6.07) is 10.2. The number of carbonyl (C=O) groups excluding carboxylic acids is 1. The van der Waals surface area contributed by atoms with Crippen molar-refractivity contribution in [1.82, 2.24) is 10.3 Å². The maximum absolute atomic E-state index is 13.3. The normalized spacial score (nSPS) is 23.8. The van der Waals surface area contributed by atoms with Crippen LogP contribution in [0.2, 0.25) is 0 Å². The summed E-state index contributed by atoms with van der Waals surface area (Å²) in [5.41, 5.74) is 1.61. The number of aromatic nitrogens is 1. The van der Waals surface area contributed by atoms with E-state index in [1.54, 1.807) is 32.3 Å². The Bertz CT molecular complexity index is 942. The van der Waals surface area contributed by atoms with E-state index in [-0.39, 0.29) is 17.8 Å². The van der Waals surface area contributed by atoms with Gasteiger partial charge in [-0.1, -0.05) is 24.3 Å². The van der Waals surface area contributed by atoms with E-state index in [1.807, 2.05) is 38.1 Å². The average Bonchev–Trinajstić information content (AvgIpc) is 2.67. The molecule has 0 aliphatic carbocycles. The molecule has 7 heteroatoms. The molecule has 1 aliphatic heterocycles. The van der Waals surface area contributed by atoms with Gasteiger partial charge in [-0.25, -0.2) is 0 Å². The van der Waals surface area contributed by atoms with Crippen LogP contribution in [0, 0.1) is 16.0 Å². The highest BCUT2D eigenvalue weighted by Crippen LogP contribution is 2.45. The number of allylic oxidation sites excluding steroid dienone is 2. The lowest BCUT2D eigenvalue weighted by atomic mass is 9.68. The number of nitrogens with one attached hydrogen (secondary N) is 1. The van der Waals surface area contributed by atoms with E-state index >= 15 is 0 Å². The van der Waals surface area contributed by atoms with Crippen molar-refractivity contribution in [2.24, 2.45) is 5.92 Å². The molecule has 1 aliphatic rings. The van der Waals surface area contributed by atoms with Gasteiger partial charge in [0.2, 0.25) is 0 Å². The van der Waals surface area contributed by atoms with Crippen LogP contribution in [0.25, 0.3) is 0 Å². The fourth-order valence-electron chi connectivity index (χ4n) is 4.00. The molecule has 0 fully saturated rings. The number of hydrogen-bond donors (Lipinski definition) is 1. The first-order valence-electron chi connectivity index (χ1n) is 9.54. The zero-order valence-corrected chi connectivity index (χ0v) is 17.0. The summed E-state index contributed by atoms with van der Waals surface area (Å²) < 4.78 is 5.61. The number of non-ortho nitro benzene ring substituents is 1. The van der Waals surface area contributed by atoms with E-state index in [9.17, 15) is 14.9 Å². The molecule has 1 aromatic heterocycles. The Morgan fingerprint density at radius 2 is 2.07 bits per heavy atom. The second kappa shape index (κ2) is 8.03. The summed E-state index contributed by atoms with van der Waals surface area (Å²) in [5, 5.41) is 14.7. The van der Waals surface area contributed by atoms with E-state index in [1.165, 1.54) is 12.1 Å². The number of rotatable bonds is 5. The predicted molar refractivity (Wildman–Crippen MR) is 109 cm³/mol. The van der Waals surface area contributed by atoms with Crippen LogP contribution in [0.15, 0.2) is 60.6 Å². The van der Waals surface area contributed by atoms with Crippen molar-refractivity contribution in [3.8, 4) is 0 Å². The molecule has 1 N–H and O–H groups in total. The summed E-state index contributed by atoms with van der Waals surface area (Å²) >= 11 is 0. The summed E-state index contributed by atoms with van der Waals surface area (Å²) in [6.45, 7) is 7.47. The predicted octanol–water partition coefficient (Wildman–Crippen LogP) is 4.06. The zero-order chi connectivity index (χ0) is 21.2. The SMILES string of the molecule is CC1=CC(c2cccc([N+](=O)[O-])c2)C(C(=O)OC(C)C)C(C)(c2cccnc2)N1. The number of carbonyl (C=O) groups is 1. The molecule has 0 saturated heterocycles. The lowest BCUT2D eigenvalue weighted by Crippen LogP contribution is -2.53. The van der Waals surface area contributed by atoms with Crippen molar-refractivity contribution < 1.29 is 14.5 Å². The van der Waals surface area contributed by atoms with Crippen LogP contribution in [0.4, 0.5) is 5.69 Å². The van der Waals surface area contributed by atoms with Gasteiger partial charge in [0.1, 0.15) is 0 Å². The summed E-state index contributed by atoms with van der Waals surface area (Å²) in [7, 11) is 0. The third-order valence-electron chi connectivity index (χ3n) is 5.20. The van der Waals surface area contributed by atoms with Crippen LogP contribution in [-0.4, -0.2) is 22.0 Å². The van der Waals surface area contributed by atoms with Gasteiger partial charge >= 0.3 is 5.97 Å². The molecule has 0 bridgehead atoms. The van der Waals surface area contributed by atoms with Crippen LogP contribution < -0.4 is 5.32 Å². The van der Waals surface area contributed by atoms with Gasteiger partial charge in [-0.3, -0.25) is 19.9 Å². The quantitative estimate of drug-likeness (QED) is 0.466. The number of esters is 1. The molecule has 1 aromatic carbocycles. The van der Waals surface area contributed by atoms with Gasteiger partial charge in [0.15, 0.2) is 0 Å². The summed E-state index contributed by atoms with van der Waals surface area (Å²) in [4.78, 5) is 28.3. The van der Waals surface area contributed by atoms with Crippen LogP contribution in [-0.2, 0) is 15.1 Å². The standard InChI is InChI=1S/C22H25N3O4/c1-14(2)29-21(26)20-19(16-7-5-9-18(12-16)25(27)28)11-15(3)24-22(20,4)17-8-6-10-23-13-17/h5-14,19-20,24H,1-4H3. The van der Waals surface area contributed by atoms with Crippen LogP contribution in [0.1, 0.15) is 44.7 Å². The molecule has 0 spiro atoms. The summed E-state index contributed by atoms with van der Waals surface area (Å²) in [5.74, 6) is -1.40. The smallest absolute Gasteiger partial charge is 0.312 e. The van der Waals surface area contributed by atoms with Gasteiger partial charge in [0.05, 0.1) is 22.5 Å². The van der Waals surface area contributed by atoms with Crippen LogP contribution in [0.3, 0.4) is 0 Å². The highest BCUT2D eigenvalue weighted by molar-refractivity contribution is 5.77. The number of nitro benzene ring substituents is 1. The molecule has 0 radical (unpaired) electrons. The van der Waals surface area contributed by atoms with E-state index in [4.69, 9.17) is 4.74 Å². The molecule has 7 nitrogen and oxygen atoms in total. The molecule has 0 amide bonds. The third-order valence-corrected chi connectivity index (χ3v) is 5.20. The van der Waals surface area contributed by atoms with Crippen molar-refractivity contribution in [2.45, 2.75) is 45.3 Å². The maximum Gasteiger partial charge on any atom is 0.312 e. The van der Waals surface area contributed by atoms with Crippen molar-refractivity contribution in [3.05, 3.63) is 81.8 Å². The number of hydrogen-bond acceptors (Lipinski definition) is 6. The lowest BCUT2D eigenvalue weighted by molar-refractivity contribution is -0.384. The minimum Gasteiger partial charge on any atom is -0.463 e. The monoisotopic (exact) mass is 395 g/mol. The van der Waals surface area contributed by atoms with Gasteiger partial charge in [-0.15, -0.1) is 0 Å². The molecule has 0 saturated carbocycles. The van der Waals surface area contributed by atoms with Gasteiger partial charge in [-0.05, 0) is 44.9 Å². The van der Waals surface area contributed by atoms with Crippen LogP contribution >= 0.6 is 0 Å². The number of benzene rings is 1. The molecular weight excluding hydrogens is 370 g/mol. The van der Waals surface area contributed by atoms with Gasteiger partial charge < -0.3 is 10.1 Å². The Labute approximate surface area is 170 Å². The fourth-order valence-corrected chi connectivity index (χ4v) is 4.00. The minimum atomic E-state index is -0.797. The van der Waals surface area contributed by atoms with E-state index in [0.29, 0.717) is 5.56 Å². The molecule has 2 aromatic rings. The molecule has 3 unspecified atom stereocenters. The Kier molecular flexibility index (Phi) is 5.68. The van der Waals surface area contributed by atoms with Crippen LogP contribution in [0.5, 0.6) is 0 Å². The number of ether oxygens (including phenoxy) is 1. The van der Waals surface area contributed by atoms with E-state index in [2.05, 4.69) is 10.3 Å². The molecule has 152 valence electrons. The number of nitrogens with zero attached hydrogens (tertiary/aromatic N) is 2. The van der Waals surface area contributed by atoms with Crippen molar-refractivity contribution in [3.63, 3.8) is 0 Å². The van der Waals surface area contributed by atoms with Gasteiger partial charge in [-0.2, -0.15) is 0 Å². The maximum atomic E-state index is 13.3. The average molecular weight is 395 g/mol. The lowest BCUT2D eigenvalue weighted by Gasteiger charge is -2.45. The van der Waals surface area contributed by atoms with Gasteiger partial charge in [0, 0.05) is 36.1 Å². The Morgan fingerprint density at radius 3 is 2.69 bits per heavy atom. The second-order valence-corrected chi connectivity index (χ2v) is 7.76. The highest BCUT2D eigenvalue weighted by Gasteiger charge is 2.49. The largest absolute Gasteiger partial charge is 0.463 e. The Balaban J connectivity index is 2.17. The van der Waals surface area contributed by atoms with E-state index in [0.717, 1.165) is 11.3 Å². The fraction of sp³-hybridized carbons (Fsp3) is 0.364. The minimum absolute atomic E-state index is 0.00820. The number of pyridine rings is 1. The first-order valence-corrected chi connectivity index (χ1v) is 9.54. The summed E-state index contributed by atoms with van der Waals surface area (Å²) in [6.07, 6.45) is 5.06. The molecular formula is C22H25N3O4. The molecule has 2 heterocycles. The second-order valence-electron chi connectivity index (χ2n) is 7.76. The molecule has 3 atom stereocenters. The Morgan fingerprint density at radius 1 is 1.31 bits per heavy atom. The molecule has 29 heavy (non-hydrogen) atoms. The number of nitro groups is 1.